The number of nitriles is 1. The highest BCUT2D eigenvalue weighted by Crippen LogP contribution is 2.31. The van der Waals surface area contributed by atoms with E-state index in [1.165, 1.54) is 30.1 Å². The van der Waals surface area contributed by atoms with Crippen LogP contribution in [0, 0.1) is 11.3 Å². The van der Waals surface area contributed by atoms with Crippen molar-refractivity contribution < 1.29 is 18.0 Å². The number of rotatable bonds is 4. The van der Waals surface area contributed by atoms with Crippen LogP contribution in [-0.2, 0) is 19.6 Å². The number of halogens is 1. The Morgan fingerprint density at radius 2 is 2.03 bits per heavy atom. The minimum atomic E-state index is -4.16. The van der Waals surface area contributed by atoms with Crippen LogP contribution in [0.1, 0.15) is 18.9 Å². The van der Waals surface area contributed by atoms with E-state index in [2.05, 4.69) is 5.32 Å². The van der Waals surface area contributed by atoms with E-state index >= 15 is 0 Å². The predicted molar refractivity (Wildman–Crippen MR) is 113 cm³/mol. The van der Waals surface area contributed by atoms with E-state index in [1.54, 1.807) is 31.2 Å². The lowest BCUT2D eigenvalue weighted by Crippen LogP contribution is -2.45. The van der Waals surface area contributed by atoms with Crippen molar-refractivity contribution in [2.24, 2.45) is 0 Å². The van der Waals surface area contributed by atoms with Gasteiger partial charge in [-0.25, -0.2) is 8.42 Å². The molecule has 1 heterocycles. The summed E-state index contributed by atoms with van der Waals surface area (Å²) in [6.45, 7) is 1.24. The summed E-state index contributed by atoms with van der Waals surface area (Å²) in [6, 6.07) is 12.1. The predicted octanol–water partition coefficient (Wildman–Crippen LogP) is 2.60. The fraction of sp³-hybridized carbons (Fsp3) is 0.250. The van der Waals surface area contributed by atoms with Gasteiger partial charge in [-0.1, -0.05) is 23.7 Å². The quantitative estimate of drug-likeness (QED) is 0.776. The number of carbonyl (C=O) groups excluding carboxylic acids is 2. The molecule has 2 aromatic rings. The molecule has 10 heteroatoms. The Morgan fingerprint density at radius 3 is 2.73 bits per heavy atom. The lowest BCUT2D eigenvalue weighted by molar-refractivity contribution is -0.119. The van der Waals surface area contributed by atoms with Gasteiger partial charge < -0.3 is 10.2 Å². The summed E-state index contributed by atoms with van der Waals surface area (Å²) in [7, 11) is -2.90. The van der Waals surface area contributed by atoms with E-state index in [1.807, 2.05) is 6.07 Å². The van der Waals surface area contributed by atoms with E-state index in [9.17, 15) is 23.3 Å². The van der Waals surface area contributed by atoms with E-state index in [0.717, 1.165) is 4.31 Å². The summed E-state index contributed by atoms with van der Waals surface area (Å²) in [6.07, 6.45) is 0.0732. The number of anilines is 2. The number of likely N-dealkylation sites (N-methyl/N-ethyl adjacent to an activating group) is 1. The Bertz CT molecular complexity index is 1160. The second-order valence-electron chi connectivity index (χ2n) is 6.90. The van der Waals surface area contributed by atoms with Crippen molar-refractivity contribution in [3.63, 3.8) is 0 Å². The second kappa shape index (κ2) is 8.44. The number of hydrogen-bond donors (Lipinski definition) is 1. The number of fused-ring (bicyclic) bond motifs is 1. The summed E-state index contributed by atoms with van der Waals surface area (Å²) in [4.78, 5) is 26.4. The second-order valence-corrected chi connectivity index (χ2v) is 9.35. The molecule has 0 fully saturated rings. The van der Waals surface area contributed by atoms with Crippen molar-refractivity contribution in [2.45, 2.75) is 24.3 Å². The standard InChI is InChI=1S/C20H19ClN4O4S/c1-13-9-19(26)23-16-5-3-4-6-17(16)25(13)20(27)12-24(2)30(28,29)18-10-15(21)8-7-14(18)11-22/h3-8,10,13H,9,12H2,1-2H3,(H,23,26). The average Bonchev–Trinajstić information content (AvgIpc) is 2.81. The summed E-state index contributed by atoms with van der Waals surface area (Å²) < 4.78 is 26.9. The summed E-state index contributed by atoms with van der Waals surface area (Å²) in [5.41, 5.74) is 0.904. The Hall–Kier alpha value is -2.93. The Labute approximate surface area is 179 Å². The topological polar surface area (TPSA) is 111 Å². The van der Waals surface area contributed by atoms with Crippen LogP contribution < -0.4 is 10.2 Å². The fourth-order valence-corrected chi connectivity index (χ4v) is 4.81. The van der Waals surface area contributed by atoms with Gasteiger partial charge in [0.2, 0.25) is 21.8 Å². The number of para-hydroxylation sites is 2. The van der Waals surface area contributed by atoms with Crippen molar-refractivity contribution in [2.75, 3.05) is 23.8 Å². The average molecular weight is 447 g/mol. The number of nitrogens with one attached hydrogen (secondary N) is 1. The zero-order chi connectivity index (χ0) is 22.1. The largest absolute Gasteiger partial charge is 0.324 e. The van der Waals surface area contributed by atoms with Gasteiger partial charge >= 0.3 is 0 Å². The Balaban J connectivity index is 1.93. The van der Waals surface area contributed by atoms with Gasteiger partial charge in [0.1, 0.15) is 11.0 Å². The molecule has 1 atom stereocenters. The normalized spacial score (nSPS) is 16.4. The van der Waals surface area contributed by atoms with Gasteiger partial charge in [-0.15, -0.1) is 0 Å². The van der Waals surface area contributed by atoms with Crippen LogP contribution in [0.25, 0.3) is 0 Å². The van der Waals surface area contributed by atoms with Crippen LogP contribution in [-0.4, -0.2) is 44.2 Å². The van der Waals surface area contributed by atoms with Crippen LogP contribution in [0.5, 0.6) is 0 Å². The molecular formula is C20H19ClN4O4S. The van der Waals surface area contributed by atoms with Gasteiger partial charge in [0, 0.05) is 24.5 Å². The molecule has 0 saturated heterocycles. The molecule has 1 unspecified atom stereocenters. The van der Waals surface area contributed by atoms with E-state index in [4.69, 9.17) is 11.6 Å². The highest BCUT2D eigenvalue weighted by atomic mass is 35.5. The maximum atomic E-state index is 13.1. The lowest BCUT2D eigenvalue weighted by atomic mass is 10.1. The van der Waals surface area contributed by atoms with Gasteiger partial charge in [0.25, 0.3) is 0 Å². The summed E-state index contributed by atoms with van der Waals surface area (Å²) >= 11 is 5.91. The molecule has 2 amide bonds. The van der Waals surface area contributed by atoms with Crippen molar-refractivity contribution in [1.29, 1.82) is 5.26 Å². The van der Waals surface area contributed by atoms with Crippen LogP contribution in [0.3, 0.4) is 0 Å². The Kier molecular flexibility index (Phi) is 6.12. The third-order valence-corrected chi connectivity index (χ3v) is 6.82. The minimum Gasteiger partial charge on any atom is -0.324 e. The van der Waals surface area contributed by atoms with Crippen molar-refractivity contribution in [1.82, 2.24) is 4.31 Å². The first-order valence-electron chi connectivity index (χ1n) is 9.02. The molecule has 0 bridgehead atoms. The Morgan fingerprint density at radius 1 is 1.33 bits per heavy atom. The van der Waals surface area contributed by atoms with Crippen LogP contribution in [0.4, 0.5) is 11.4 Å². The molecule has 0 aliphatic carbocycles. The van der Waals surface area contributed by atoms with E-state index in [0.29, 0.717) is 11.4 Å². The first-order valence-corrected chi connectivity index (χ1v) is 10.8. The van der Waals surface area contributed by atoms with Crippen molar-refractivity contribution in [3.05, 3.63) is 53.1 Å². The van der Waals surface area contributed by atoms with E-state index in [-0.39, 0.29) is 27.8 Å². The zero-order valence-electron chi connectivity index (χ0n) is 16.3. The summed E-state index contributed by atoms with van der Waals surface area (Å²) in [5, 5.41) is 12.2. The van der Waals surface area contributed by atoms with Crippen LogP contribution in [0.2, 0.25) is 5.02 Å². The zero-order valence-corrected chi connectivity index (χ0v) is 17.9. The van der Waals surface area contributed by atoms with Gasteiger partial charge in [0.05, 0.1) is 23.5 Å². The van der Waals surface area contributed by atoms with Gasteiger partial charge in [0.15, 0.2) is 0 Å². The van der Waals surface area contributed by atoms with Crippen LogP contribution >= 0.6 is 11.6 Å². The molecule has 0 saturated carbocycles. The molecule has 1 aliphatic rings. The highest BCUT2D eigenvalue weighted by Gasteiger charge is 2.33. The van der Waals surface area contributed by atoms with Gasteiger partial charge in [-0.2, -0.15) is 9.57 Å². The molecule has 0 spiro atoms. The summed E-state index contributed by atoms with van der Waals surface area (Å²) in [5.74, 6) is -0.734. The molecule has 156 valence electrons. The first kappa shape index (κ1) is 21.8. The molecule has 8 nitrogen and oxygen atoms in total. The third kappa shape index (κ3) is 4.16. The van der Waals surface area contributed by atoms with Crippen molar-refractivity contribution >= 4 is 44.8 Å². The maximum absolute atomic E-state index is 13.1. The number of carbonyl (C=O) groups is 2. The molecule has 1 N–H and O–H groups in total. The molecule has 2 aromatic carbocycles. The lowest BCUT2D eigenvalue weighted by Gasteiger charge is -2.29. The smallest absolute Gasteiger partial charge is 0.244 e. The van der Waals surface area contributed by atoms with Gasteiger partial charge in [-0.05, 0) is 37.3 Å². The third-order valence-electron chi connectivity index (χ3n) is 4.74. The van der Waals surface area contributed by atoms with E-state index < -0.39 is 28.5 Å². The highest BCUT2D eigenvalue weighted by molar-refractivity contribution is 7.89. The number of sulfonamides is 1. The molecule has 3 rings (SSSR count). The molecule has 0 aromatic heterocycles. The van der Waals surface area contributed by atoms with Crippen LogP contribution in [0.15, 0.2) is 47.4 Å². The number of nitrogens with zero attached hydrogens (tertiary/aromatic N) is 3. The van der Waals surface area contributed by atoms with Gasteiger partial charge in [-0.3, -0.25) is 9.59 Å². The SMILES string of the molecule is CC1CC(=O)Nc2ccccc2N1C(=O)CN(C)S(=O)(=O)c1cc(Cl)ccc1C#N. The molecule has 0 radical (unpaired) electrons. The molecule has 30 heavy (non-hydrogen) atoms. The number of amides is 2. The molecular weight excluding hydrogens is 428 g/mol. The first-order chi connectivity index (χ1) is 14.1. The monoisotopic (exact) mass is 446 g/mol. The fourth-order valence-electron chi connectivity index (χ4n) is 3.29. The number of hydrogen-bond acceptors (Lipinski definition) is 5. The maximum Gasteiger partial charge on any atom is 0.244 e. The number of benzene rings is 2. The van der Waals surface area contributed by atoms with Crippen molar-refractivity contribution in [3.8, 4) is 6.07 Å². The molecule has 1 aliphatic heterocycles. The minimum absolute atomic E-state index is 0.0676.